The highest BCUT2D eigenvalue weighted by Gasteiger charge is 2.20. The Morgan fingerprint density at radius 1 is 1.47 bits per heavy atom. The second kappa shape index (κ2) is 6.33. The predicted molar refractivity (Wildman–Crippen MR) is 78.3 cm³/mol. The van der Waals surface area contributed by atoms with Gasteiger partial charge in [-0.1, -0.05) is 0 Å². The molecule has 1 unspecified atom stereocenters. The molecule has 2 N–H and O–H groups in total. The molecule has 1 aliphatic heterocycles. The van der Waals surface area contributed by atoms with Crippen molar-refractivity contribution >= 4 is 40.2 Å². The highest BCUT2D eigenvalue weighted by molar-refractivity contribution is 14.1. The van der Waals surface area contributed by atoms with Gasteiger partial charge in [0.2, 0.25) is 5.91 Å². The van der Waals surface area contributed by atoms with Gasteiger partial charge in [0.15, 0.2) is 0 Å². The third kappa shape index (κ3) is 3.90. The molecule has 1 fully saturated rings. The van der Waals surface area contributed by atoms with Crippen molar-refractivity contribution < 1.29 is 19.4 Å². The van der Waals surface area contributed by atoms with Gasteiger partial charge in [0.25, 0.3) is 0 Å². The van der Waals surface area contributed by atoms with Crippen LogP contribution in [0.15, 0.2) is 18.2 Å². The second-order valence-electron chi connectivity index (χ2n) is 4.38. The largest absolute Gasteiger partial charge is 0.478 e. The number of rotatable bonds is 4. The summed E-state index contributed by atoms with van der Waals surface area (Å²) in [6.07, 6.45) is 2.08. The summed E-state index contributed by atoms with van der Waals surface area (Å²) in [6, 6.07) is 4.90. The first-order valence-corrected chi connectivity index (χ1v) is 7.08. The first-order valence-electron chi connectivity index (χ1n) is 6.00. The number of benzene rings is 1. The zero-order valence-electron chi connectivity index (χ0n) is 10.2. The molecular weight excluding hydrogens is 361 g/mol. The molecule has 6 heteroatoms. The van der Waals surface area contributed by atoms with Gasteiger partial charge in [0.05, 0.1) is 23.8 Å². The monoisotopic (exact) mass is 375 g/mol. The standard InChI is InChI=1S/C13H14INO4/c14-8-3-4-11(10(6-8)13(17)18)15-12(16)7-9-2-1-5-19-9/h3-4,6,9H,1-2,5,7H2,(H,15,16)(H,17,18). The summed E-state index contributed by atoms with van der Waals surface area (Å²) in [7, 11) is 0. The van der Waals surface area contributed by atoms with E-state index < -0.39 is 5.97 Å². The van der Waals surface area contributed by atoms with E-state index in [2.05, 4.69) is 5.32 Å². The lowest BCUT2D eigenvalue weighted by Gasteiger charge is -2.11. The fraction of sp³-hybridized carbons (Fsp3) is 0.385. The third-order valence-electron chi connectivity index (χ3n) is 2.92. The van der Waals surface area contributed by atoms with Gasteiger partial charge in [-0.15, -0.1) is 0 Å². The van der Waals surface area contributed by atoms with Crippen LogP contribution in [-0.4, -0.2) is 29.7 Å². The number of anilines is 1. The lowest BCUT2D eigenvalue weighted by Crippen LogP contribution is -2.20. The van der Waals surface area contributed by atoms with E-state index in [1.54, 1.807) is 12.1 Å². The predicted octanol–water partition coefficient (Wildman–Crippen LogP) is 2.50. The van der Waals surface area contributed by atoms with E-state index in [4.69, 9.17) is 9.84 Å². The first-order chi connectivity index (χ1) is 9.06. The van der Waals surface area contributed by atoms with E-state index in [0.29, 0.717) is 12.3 Å². The van der Waals surface area contributed by atoms with E-state index in [-0.39, 0.29) is 24.0 Å². The molecule has 1 heterocycles. The van der Waals surface area contributed by atoms with E-state index in [0.717, 1.165) is 16.4 Å². The molecule has 0 spiro atoms. The molecule has 1 saturated heterocycles. The molecular formula is C13H14INO4. The van der Waals surface area contributed by atoms with Crippen LogP contribution in [0.25, 0.3) is 0 Å². The van der Waals surface area contributed by atoms with Gasteiger partial charge in [-0.3, -0.25) is 4.79 Å². The maximum atomic E-state index is 11.8. The van der Waals surface area contributed by atoms with Crippen molar-refractivity contribution in [2.75, 3.05) is 11.9 Å². The normalized spacial score (nSPS) is 18.3. The van der Waals surface area contributed by atoms with Gasteiger partial charge in [-0.25, -0.2) is 4.79 Å². The summed E-state index contributed by atoms with van der Waals surface area (Å²) in [4.78, 5) is 23.0. The Morgan fingerprint density at radius 3 is 2.89 bits per heavy atom. The highest BCUT2D eigenvalue weighted by Crippen LogP contribution is 2.21. The molecule has 1 atom stereocenters. The Labute approximate surface area is 124 Å². The molecule has 102 valence electrons. The van der Waals surface area contributed by atoms with Crippen LogP contribution >= 0.6 is 22.6 Å². The number of halogens is 1. The number of amides is 1. The van der Waals surface area contributed by atoms with Crippen LogP contribution in [0.3, 0.4) is 0 Å². The van der Waals surface area contributed by atoms with Gasteiger partial charge < -0.3 is 15.2 Å². The number of carboxylic acid groups (broad SMARTS) is 1. The Balaban J connectivity index is 2.05. The molecule has 2 rings (SSSR count). The molecule has 1 aliphatic rings. The lowest BCUT2D eigenvalue weighted by molar-refractivity contribution is -0.118. The minimum Gasteiger partial charge on any atom is -0.478 e. The molecule has 0 aromatic heterocycles. The Morgan fingerprint density at radius 2 is 2.26 bits per heavy atom. The molecule has 1 amide bonds. The van der Waals surface area contributed by atoms with Crippen LogP contribution in [-0.2, 0) is 9.53 Å². The maximum absolute atomic E-state index is 11.8. The Bertz CT molecular complexity index is 497. The molecule has 0 bridgehead atoms. The Kier molecular flexibility index (Phi) is 4.76. The van der Waals surface area contributed by atoms with Crippen molar-refractivity contribution in [1.82, 2.24) is 0 Å². The summed E-state index contributed by atoms with van der Waals surface area (Å²) in [5.41, 5.74) is 0.434. The smallest absolute Gasteiger partial charge is 0.337 e. The molecule has 0 radical (unpaired) electrons. The number of carbonyl (C=O) groups is 2. The maximum Gasteiger partial charge on any atom is 0.337 e. The van der Waals surface area contributed by atoms with Crippen molar-refractivity contribution in [3.05, 3.63) is 27.3 Å². The summed E-state index contributed by atoms with van der Waals surface area (Å²) < 4.78 is 6.19. The van der Waals surface area contributed by atoms with Crippen LogP contribution in [0, 0.1) is 3.57 Å². The van der Waals surface area contributed by atoms with Gasteiger partial charge in [0.1, 0.15) is 0 Å². The fourth-order valence-electron chi connectivity index (χ4n) is 2.02. The number of hydrogen-bond acceptors (Lipinski definition) is 3. The van der Waals surface area contributed by atoms with Crippen LogP contribution in [0.2, 0.25) is 0 Å². The number of carbonyl (C=O) groups excluding carboxylic acids is 1. The average molecular weight is 375 g/mol. The Hall–Kier alpha value is -1.15. The summed E-state index contributed by atoms with van der Waals surface area (Å²) in [5, 5.41) is 11.8. The number of ether oxygens (including phenoxy) is 1. The minimum absolute atomic E-state index is 0.0443. The highest BCUT2D eigenvalue weighted by atomic mass is 127. The molecule has 1 aromatic carbocycles. The number of carboxylic acids is 1. The number of hydrogen-bond donors (Lipinski definition) is 2. The first kappa shape index (κ1) is 14.3. The van der Waals surface area contributed by atoms with Crippen molar-refractivity contribution in [3.8, 4) is 0 Å². The van der Waals surface area contributed by atoms with Crippen LogP contribution in [0.5, 0.6) is 0 Å². The molecule has 5 nitrogen and oxygen atoms in total. The van der Waals surface area contributed by atoms with E-state index in [9.17, 15) is 9.59 Å². The average Bonchev–Trinajstić information content (AvgIpc) is 2.83. The van der Waals surface area contributed by atoms with Crippen molar-refractivity contribution in [2.24, 2.45) is 0 Å². The molecule has 0 saturated carbocycles. The zero-order valence-corrected chi connectivity index (χ0v) is 12.3. The van der Waals surface area contributed by atoms with Gasteiger partial charge in [-0.05, 0) is 53.6 Å². The summed E-state index contributed by atoms with van der Waals surface area (Å²) in [5.74, 6) is -1.26. The number of aromatic carboxylic acids is 1. The quantitative estimate of drug-likeness (QED) is 0.793. The van der Waals surface area contributed by atoms with Crippen LogP contribution in [0.4, 0.5) is 5.69 Å². The van der Waals surface area contributed by atoms with Gasteiger partial charge in [-0.2, -0.15) is 0 Å². The molecule has 1 aromatic rings. The minimum atomic E-state index is -1.05. The van der Waals surface area contributed by atoms with Crippen molar-refractivity contribution in [2.45, 2.75) is 25.4 Å². The van der Waals surface area contributed by atoms with Gasteiger partial charge in [0, 0.05) is 10.2 Å². The lowest BCUT2D eigenvalue weighted by atomic mass is 10.1. The third-order valence-corrected chi connectivity index (χ3v) is 3.59. The van der Waals surface area contributed by atoms with Crippen LogP contribution in [0.1, 0.15) is 29.6 Å². The zero-order chi connectivity index (χ0) is 13.8. The van der Waals surface area contributed by atoms with Gasteiger partial charge >= 0.3 is 5.97 Å². The topological polar surface area (TPSA) is 75.6 Å². The van der Waals surface area contributed by atoms with E-state index in [1.807, 2.05) is 22.6 Å². The number of nitrogens with one attached hydrogen (secondary N) is 1. The van der Waals surface area contributed by atoms with Crippen molar-refractivity contribution in [3.63, 3.8) is 0 Å². The van der Waals surface area contributed by atoms with Crippen molar-refractivity contribution in [1.29, 1.82) is 0 Å². The van der Waals surface area contributed by atoms with E-state index in [1.165, 1.54) is 6.07 Å². The summed E-state index contributed by atoms with van der Waals surface area (Å²) >= 11 is 2.03. The molecule has 19 heavy (non-hydrogen) atoms. The fourth-order valence-corrected chi connectivity index (χ4v) is 2.51. The second-order valence-corrected chi connectivity index (χ2v) is 5.63. The SMILES string of the molecule is O=C(CC1CCCO1)Nc1ccc(I)cc1C(=O)O. The van der Waals surface area contributed by atoms with Crippen LogP contribution < -0.4 is 5.32 Å². The van der Waals surface area contributed by atoms with E-state index >= 15 is 0 Å². The molecule has 0 aliphatic carbocycles. The summed E-state index contributed by atoms with van der Waals surface area (Å²) in [6.45, 7) is 0.696.